The summed E-state index contributed by atoms with van der Waals surface area (Å²) in [4.78, 5) is 9.59. The number of esters is 1. The number of carbonyl (C=O) groups is 1. The Balaban J connectivity index is 0.000000127. The summed E-state index contributed by atoms with van der Waals surface area (Å²) in [5, 5.41) is 0. The molecule has 3 nitrogen and oxygen atoms in total. The molecule has 0 aromatic rings. The number of hydrogen-bond acceptors (Lipinski definition) is 3. The zero-order valence-electron chi connectivity index (χ0n) is 7.45. The molecule has 0 aromatic carbocycles. The van der Waals surface area contributed by atoms with Gasteiger partial charge in [0, 0.05) is 0 Å². The monoisotopic (exact) mass is 170 g/mol. The van der Waals surface area contributed by atoms with E-state index in [2.05, 4.69) is 18.6 Å². The summed E-state index contributed by atoms with van der Waals surface area (Å²) in [6.45, 7) is 4.33. The molecule has 0 spiro atoms. The van der Waals surface area contributed by atoms with Crippen LogP contribution in [0.25, 0.3) is 0 Å². The first kappa shape index (κ1) is 9.26. The van der Waals surface area contributed by atoms with Crippen molar-refractivity contribution in [1.82, 2.24) is 0 Å². The number of cyclic esters (lactones) is 1. The lowest BCUT2D eigenvalue weighted by Crippen LogP contribution is -2.01. The van der Waals surface area contributed by atoms with Gasteiger partial charge in [-0.1, -0.05) is 13.8 Å². The van der Waals surface area contributed by atoms with Crippen LogP contribution in [0.4, 0.5) is 0 Å². The quantitative estimate of drug-likeness (QED) is 0.467. The van der Waals surface area contributed by atoms with Crippen LogP contribution in [0.5, 0.6) is 0 Å². The molecule has 0 N–H and O–H groups in total. The molecule has 2 aliphatic heterocycles. The van der Waals surface area contributed by atoms with Crippen molar-refractivity contribution in [1.29, 1.82) is 0 Å². The summed E-state index contributed by atoms with van der Waals surface area (Å²) in [6.07, 6.45) is 6.33. The van der Waals surface area contributed by atoms with E-state index in [0.717, 1.165) is 0 Å². The Morgan fingerprint density at radius 2 is 1.75 bits per heavy atom. The van der Waals surface area contributed by atoms with Crippen LogP contribution in [0.15, 0.2) is 12.3 Å². The molecular formula is C9H14O3. The minimum atomic E-state index is -0.245. The first-order valence-corrected chi connectivity index (χ1v) is 4.30. The molecule has 0 radical (unpaired) electrons. The summed E-state index contributed by atoms with van der Waals surface area (Å²) in [5.74, 6) is -0.245. The molecule has 0 bridgehead atoms. The van der Waals surface area contributed by atoms with E-state index in [-0.39, 0.29) is 5.97 Å². The Labute approximate surface area is 72.4 Å². The maximum atomic E-state index is 9.59. The molecule has 2 heterocycles. The largest absolute Gasteiger partial charge is 0.431 e. The second kappa shape index (κ2) is 4.26. The molecule has 2 unspecified atom stereocenters. The molecule has 1 fully saturated rings. The van der Waals surface area contributed by atoms with Crippen molar-refractivity contribution in [3.63, 3.8) is 0 Å². The fourth-order valence-electron chi connectivity index (χ4n) is 1.02. The predicted molar refractivity (Wildman–Crippen MR) is 44.5 cm³/mol. The van der Waals surface area contributed by atoms with Crippen LogP contribution in [0.3, 0.4) is 0 Å². The fraction of sp³-hybridized carbons (Fsp3) is 0.667. The van der Waals surface area contributed by atoms with Crippen LogP contribution in [-0.4, -0.2) is 18.2 Å². The maximum absolute atomic E-state index is 9.59. The van der Waals surface area contributed by atoms with Gasteiger partial charge >= 0.3 is 5.97 Å². The Bertz CT molecular complexity index is 178. The molecule has 2 atom stereocenters. The molecule has 0 amide bonds. The van der Waals surface area contributed by atoms with E-state index in [4.69, 9.17) is 4.74 Å². The summed E-state index contributed by atoms with van der Waals surface area (Å²) in [7, 11) is 0. The number of hydrogen-bond donors (Lipinski definition) is 0. The second-order valence-electron chi connectivity index (χ2n) is 2.77. The summed E-state index contributed by atoms with van der Waals surface area (Å²) >= 11 is 0. The van der Waals surface area contributed by atoms with Gasteiger partial charge < -0.3 is 9.47 Å². The zero-order chi connectivity index (χ0) is 8.97. The highest BCUT2D eigenvalue weighted by atomic mass is 16.6. The SMILES string of the molecule is CCC1OC1CC.O=C1C=CO1. The van der Waals surface area contributed by atoms with Crippen LogP contribution in [0, 0.1) is 0 Å². The normalized spacial score (nSPS) is 29.7. The number of rotatable bonds is 2. The third-order valence-electron chi connectivity index (χ3n) is 1.88. The standard InChI is InChI=1S/C6H12O.C3H2O2/c1-3-5-6(4-2)7-5;4-3-1-2-5-3/h5-6H,3-4H2,1-2H3;1-2H. The lowest BCUT2D eigenvalue weighted by Gasteiger charge is -1.96. The van der Waals surface area contributed by atoms with Crippen LogP contribution in [0.2, 0.25) is 0 Å². The van der Waals surface area contributed by atoms with E-state index >= 15 is 0 Å². The maximum Gasteiger partial charge on any atom is 0.338 e. The van der Waals surface area contributed by atoms with Gasteiger partial charge in [-0.2, -0.15) is 0 Å². The van der Waals surface area contributed by atoms with Gasteiger partial charge in [0.1, 0.15) is 6.26 Å². The van der Waals surface area contributed by atoms with Crippen molar-refractivity contribution >= 4 is 5.97 Å². The van der Waals surface area contributed by atoms with Crippen LogP contribution in [-0.2, 0) is 14.3 Å². The predicted octanol–water partition coefficient (Wildman–Crippen LogP) is 1.63. The highest BCUT2D eigenvalue weighted by Gasteiger charge is 2.34. The minimum Gasteiger partial charge on any atom is -0.431 e. The van der Waals surface area contributed by atoms with Crippen molar-refractivity contribution in [2.75, 3.05) is 0 Å². The summed E-state index contributed by atoms with van der Waals surface area (Å²) in [6, 6.07) is 0. The van der Waals surface area contributed by atoms with E-state index in [1.165, 1.54) is 25.2 Å². The molecule has 0 saturated carbocycles. The Morgan fingerprint density at radius 3 is 1.83 bits per heavy atom. The van der Waals surface area contributed by atoms with E-state index < -0.39 is 0 Å². The second-order valence-corrected chi connectivity index (χ2v) is 2.77. The fourth-order valence-corrected chi connectivity index (χ4v) is 1.02. The van der Waals surface area contributed by atoms with Gasteiger partial charge in [0.2, 0.25) is 0 Å². The molecule has 3 heteroatoms. The Kier molecular flexibility index (Phi) is 3.29. The van der Waals surface area contributed by atoms with Gasteiger partial charge in [0.05, 0.1) is 18.3 Å². The average Bonchev–Trinajstić information content (AvgIpc) is 2.80. The van der Waals surface area contributed by atoms with E-state index in [0.29, 0.717) is 12.2 Å². The molecule has 0 aliphatic carbocycles. The van der Waals surface area contributed by atoms with Crippen LogP contribution >= 0.6 is 0 Å². The highest BCUT2D eigenvalue weighted by molar-refractivity contribution is 5.86. The van der Waals surface area contributed by atoms with Gasteiger partial charge in [-0.3, -0.25) is 0 Å². The first-order chi connectivity index (χ1) is 5.77. The summed E-state index contributed by atoms with van der Waals surface area (Å²) < 4.78 is 9.33. The average molecular weight is 170 g/mol. The molecule has 2 rings (SSSR count). The third-order valence-corrected chi connectivity index (χ3v) is 1.88. The van der Waals surface area contributed by atoms with Gasteiger partial charge in [-0.15, -0.1) is 0 Å². The number of carbonyl (C=O) groups excluding carboxylic acids is 1. The molecule has 68 valence electrons. The third kappa shape index (κ3) is 2.66. The van der Waals surface area contributed by atoms with Gasteiger partial charge in [-0.05, 0) is 12.8 Å². The van der Waals surface area contributed by atoms with Gasteiger partial charge in [-0.25, -0.2) is 4.79 Å². The lowest BCUT2D eigenvalue weighted by atomic mass is 10.2. The smallest absolute Gasteiger partial charge is 0.338 e. The van der Waals surface area contributed by atoms with Crippen LogP contribution < -0.4 is 0 Å². The Hall–Kier alpha value is -0.830. The summed E-state index contributed by atoms with van der Waals surface area (Å²) in [5.41, 5.74) is 0. The van der Waals surface area contributed by atoms with Crippen molar-refractivity contribution in [2.45, 2.75) is 38.9 Å². The number of ether oxygens (including phenoxy) is 2. The lowest BCUT2D eigenvalue weighted by molar-refractivity contribution is -0.136. The highest BCUT2D eigenvalue weighted by Crippen LogP contribution is 2.26. The zero-order valence-corrected chi connectivity index (χ0v) is 7.45. The van der Waals surface area contributed by atoms with E-state index in [1.807, 2.05) is 0 Å². The van der Waals surface area contributed by atoms with Gasteiger partial charge in [0.15, 0.2) is 0 Å². The van der Waals surface area contributed by atoms with Crippen molar-refractivity contribution < 1.29 is 14.3 Å². The van der Waals surface area contributed by atoms with Crippen molar-refractivity contribution in [3.05, 3.63) is 12.3 Å². The molecule has 1 saturated heterocycles. The topological polar surface area (TPSA) is 38.8 Å². The molecule has 2 aliphatic rings. The first-order valence-electron chi connectivity index (χ1n) is 4.30. The molecular weight excluding hydrogens is 156 g/mol. The van der Waals surface area contributed by atoms with E-state index in [9.17, 15) is 4.79 Å². The minimum absolute atomic E-state index is 0.245. The van der Waals surface area contributed by atoms with E-state index in [1.54, 1.807) is 0 Å². The van der Waals surface area contributed by atoms with Gasteiger partial charge in [0.25, 0.3) is 0 Å². The van der Waals surface area contributed by atoms with Crippen molar-refractivity contribution in [2.24, 2.45) is 0 Å². The Morgan fingerprint density at radius 1 is 1.33 bits per heavy atom. The molecule has 0 aromatic heterocycles. The van der Waals surface area contributed by atoms with Crippen LogP contribution in [0.1, 0.15) is 26.7 Å². The number of epoxide rings is 1. The molecule has 12 heavy (non-hydrogen) atoms. The van der Waals surface area contributed by atoms with Crippen molar-refractivity contribution in [3.8, 4) is 0 Å².